The number of ether oxygens (including phenoxy) is 4. The van der Waals surface area contributed by atoms with Gasteiger partial charge in [-0.05, 0) is 110 Å². The van der Waals surface area contributed by atoms with Crippen LogP contribution in [0.3, 0.4) is 0 Å². The van der Waals surface area contributed by atoms with E-state index in [9.17, 15) is 45.6 Å². The summed E-state index contributed by atoms with van der Waals surface area (Å²) < 4.78 is 23.6. The van der Waals surface area contributed by atoms with Crippen molar-refractivity contribution in [3.8, 4) is 0 Å². The Hall–Kier alpha value is -1.49. The molecule has 8 N–H and O–H groups in total. The molecule has 2 saturated heterocycles. The molecule has 7 aliphatic rings. The SMILES string of the molecule is CC1=C2C3=CC[C@@H]4[C@@]5(C)CC[C@H](O[C@@H]6OC[C@@H](O)[C@H](O)[C@H]6O)[C@@](C)(CO)[C@@H]5CC[C@@]4(C)[C@]3(C)CC[C@@]2(C(=O)O[C@@H]2O[C@H](CO)[C@@H](O)[C@H](O)[C@H]2O)CC[C@H]1C. The quantitative estimate of drug-likeness (QED) is 0.143. The molecule has 0 spiro atoms. The zero-order chi connectivity index (χ0) is 39.3. The van der Waals surface area contributed by atoms with Gasteiger partial charge in [0, 0.05) is 5.41 Å². The molecule has 5 aliphatic carbocycles. The average molecular weight is 765 g/mol. The lowest BCUT2D eigenvalue weighted by Gasteiger charge is -2.70. The normalized spacial score (nSPS) is 53.4. The van der Waals surface area contributed by atoms with Crippen molar-refractivity contribution in [2.45, 2.75) is 161 Å². The fourth-order valence-electron chi connectivity index (χ4n) is 12.9. The summed E-state index contributed by atoms with van der Waals surface area (Å²) in [6.45, 7) is 12.7. The Morgan fingerprint density at radius 2 is 1.54 bits per heavy atom. The Kier molecular flexibility index (Phi) is 10.6. The molecule has 18 atom stereocenters. The van der Waals surface area contributed by atoms with E-state index in [1.165, 1.54) is 5.57 Å². The van der Waals surface area contributed by atoms with Crippen molar-refractivity contribution >= 4 is 5.97 Å². The fourth-order valence-corrected chi connectivity index (χ4v) is 12.9. The van der Waals surface area contributed by atoms with Gasteiger partial charge in [0.2, 0.25) is 6.29 Å². The van der Waals surface area contributed by atoms with E-state index in [4.69, 9.17) is 18.9 Å². The van der Waals surface area contributed by atoms with Crippen LogP contribution in [0.15, 0.2) is 22.8 Å². The smallest absolute Gasteiger partial charge is 0.318 e. The standard InChI is InChI=1S/C41H64O13/c1-20-9-14-41(36(50)54-35-33(49)31(47)30(46)24(17-42)52-35)16-15-39(5)22(28(41)21(20)2)7-8-26-37(3)12-11-27(53-34-32(48)29(45)23(44)18-51-34)38(4,19-43)25(37)10-13-40(26,39)6/h7,20,23-27,29-35,42-49H,8-19H2,1-6H3/t20-,23-,24-,25-,26-,27+,29+,30-,31+,32-,33-,34+,35+,37+,38+,39-,40-,41+/m1/s1. The molecule has 0 amide bonds. The lowest BCUT2D eigenvalue weighted by molar-refractivity contribution is -0.312. The minimum atomic E-state index is -1.68. The number of allylic oxidation sites excluding steroid dienone is 3. The van der Waals surface area contributed by atoms with Gasteiger partial charge in [-0.1, -0.05) is 46.3 Å². The molecule has 5 fully saturated rings. The highest BCUT2D eigenvalue weighted by Gasteiger charge is 2.69. The molecule has 306 valence electrons. The highest BCUT2D eigenvalue weighted by molar-refractivity contribution is 5.84. The van der Waals surface area contributed by atoms with Gasteiger partial charge in [0.05, 0.1) is 31.3 Å². The summed E-state index contributed by atoms with van der Waals surface area (Å²) in [5.74, 6) is 0.0682. The Morgan fingerprint density at radius 3 is 2.22 bits per heavy atom. The molecule has 2 heterocycles. The van der Waals surface area contributed by atoms with Crippen LogP contribution in [0.2, 0.25) is 0 Å². The second-order valence-corrected chi connectivity index (χ2v) is 19.0. The second-order valence-electron chi connectivity index (χ2n) is 19.0. The Bertz CT molecular complexity index is 1510. The minimum absolute atomic E-state index is 0.0912. The van der Waals surface area contributed by atoms with E-state index in [0.29, 0.717) is 19.3 Å². The van der Waals surface area contributed by atoms with Gasteiger partial charge in [0.1, 0.15) is 42.7 Å². The van der Waals surface area contributed by atoms with Crippen LogP contribution in [0.4, 0.5) is 0 Å². The van der Waals surface area contributed by atoms with Gasteiger partial charge in [-0.25, -0.2) is 0 Å². The molecular weight excluding hydrogens is 700 g/mol. The number of hydrogen-bond acceptors (Lipinski definition) is 13. The number of esters is 1. The highest BCUT2D eigenvalue weighted by Crippen LogP contribution is 2.75. The summed E-state index contributed by atoms with van der Waals surface area (Å²) in [6, 6.07) is 0. The predicted molar refractivity (Wildman–Crippen MR) is 193 cm³/mol. The van der Waals surface area contributed by atoms with Gasteiger partial charge in [0.25, 0.3) is 0 Å². The summed E-state index contributed by atoms with van der Waals surface area (Å²) in [6.07, 6.45) is -4.17. The van der Waals surface area contributed by atoms with Crippen LogP contribution in [0, 0.1) is 44.8 Å². The van der Waals surface area contributed by atoms with Crippen LogP contribution in [-0.4, -0.2) is 128 Å². The number of fused-ring (bicyclic) bond motifs is 7. The van der Waals surface area contributed by atoms with Crippen molar-refractivity contribution in [2.75, 3.05) is 19.8 Å². The van der Waals surface area contributed by atoms with Crippen LogP contribution >= 0.6 is 0 Å². The third kappa shape index (κ3) is 5.69. The molecule has 0 aromatic rings. The molecule has 7 rings (SSSR count). The molecule has 0 aromatic carbocycles. The third-order valence-electron chi connectivity index (χ3n) is 16.7. The van der Waals surface area contributed by atoms with E-state index >= 15 is 0 Å². The zero-order valence-electron chi connectivity index (χ0n) is 32.7. The lowest BCUT2D eigenvalue weighted by Crippen LogP contribution is -2.66. The van der Waals surface area contributed by atoms with E-state index in [1.807, 2.05) is 0 Å². The summed E-state index contributed by atoms with van der Waals surface area (Å²) in [5, 5.41) is 83.4. The first kappa shape index (κ1) is 40.7. The van der Waals surface area contributed by atoms with Gasteiger partial charge in [-0.15, -0.1) is 0 Å². The Morgan fingerprint density at radius 1 is 0.833 bits per heavy atom. The van der Waals surface area contributed by atoms with E-state index in [0.717, 1.165) is 49.7 Å². The van der Waals surface area contributed by atoms with E-state index in [2.05, 4.69) is 47.6 Å². The number of rotatable bonds is 6. The van der Waals surface area contributed by atoms with Crippen molar-refractivity contribution in [1.29, 1.82) is 0 Å². The van der Waals surface area contributed by atoms with Crippen LogP contribution < -0.4 is 0 Å². The summed E-state index contributed by atoms with van der Waals surface area (Å²) >= 11 is 0. The van der Waals surface area contributed by atoms with Crippen LogP contribution in [0.25, 0.3) is 0 Å². The molecule has 13 heteroatoms. The van der Waals surface area contributed by atoms with Crippen LogP contribution in [-0.2, 0) is 23.7 Å². The topological polar surface area (TPSA) is 216 Å². The second kappa shape index (κ2) is 14.1. The number of aliphatic hydroxyl groups excluding tert-OH is 8. The average Bonchev–Trinajstić information content (AvgIpc) is 3.14. The van der Waals surface area contributed by atoms with Crippen molar-refractivity contribution < 1.29 is 64.6 Å². The number of carbonyl (C=O) groups is 1. The van der Waals surface area contributed by atoms with Crippen LogP contribution in [0.5, 0.6) is 0 Å². The maximum atomic E-state index is 14.5. The number of hydrogen-bond donors (Lipinski definition) is 8. The molecule has 0 bridgehead atoms. The maximum absolute atomic E-state index is 14.5. The van der Waals surface area contributed by atoms with Crippen molar-refractivity contribution in [1.82, 2.24) is 0 Å². The molecule has 13 nitrogen and oxygen atoms in total. The van der Waals surface area contributed by atoms with Crippen LogP contribution in [0.1, 0.15) is 99.3 Å². The first-order valence-corrected chi connectivity index (χ1v) is 20.2. The van der Waals surface area contributed by atoms with Crippen molar-refractivity contribution in [2.24, 2.45) is 44.8 Å². The molecule has 3 saturated carbocycles. The molecular formula is C41H64O13. The van der Waals surface area contributed by atoms with Gasteiger partial charge in [-0.3, -0.25) is 4.79 Å². The maximum Gasteiger partial charge on any atom is 0.318 e. The largest absolute Gasteiger partial charge is 0.432 e. The number of carbonyl (C=O) groups excluding carboxylic acids is 1. The molecule has 2 aliphatic heterocycles. The third-order valence-corrected chi connectivity index (χ3v) is 16.7. The van der Waals surface area contributed by atoms with Crippen molar-refractivity contribution in [3.05, 3.63) is 22.8 Å². The Balaban J connectivity index is 1.19. The molecule has 0 aromatic heterocycles. The highest BCUT2D eigenvalue weighted by atomic mass is 16.7. The van der Waals surface area contributed by atoms with E-state index in [1.54, 1.807) is 0 Å². The molecule has 54 heavy (non-hydrogen) atoms. The van der Waals surface area contributed by atoms with Gasteiger partial charge in [-0.2, -0.15) is 0 Å². The molecule has 0 unspecified atom stereocenters. The summed E-state index contributed by atoms with van der Waals surface area (Å²) in [4.78, 5) is 14.5. The minimum Gasteiger partial charge on any atom is -0.432 e. The molecule has 0 radical (unpaired) electrons. The Labute approximate surface area is 318 Å². The first-order chi connectivity index (χ1) is 25.3. The van der Waals surface area contributed by atoms with E-state index in [-0.39, 0.29) is 47.2 Å². The first-order valence-electron chi connectivity index (χ1n) is 20.2. The van der Waals surface area contributed by atoms with Crippen molar-refractivity contribution in [3.63, 3.8) is 0 Å². The lowest BCUT2D eigenvalue weighted by atomic mass is 9.34. The van der Waals surface area contributed by atoms with Gasteiger partial charge in [0.15, 0.2) is 6.29 Å². The number of aliphatic hydroxyl groups is 8. The van der Waals surface area contributed by atoms with Gasteiger partial charge >= 0.3 is 5.97 Å². The zero-order valence-corrected chi connectivity index (χ0v) is 32.7. The van der Waals surface area contributed by atoms with Gasteiger partial charge < -0.3 is 59.8 Å². The monoisotopic (exact) mass is 764 g/mol. The summed E-state index contributed by atoms with van der Waals surface area (Å²) in [5.41, 5.74) is 1.12. The van der Waals surface area contributed by atoms with E-state index < -0.39 is 84.8 Å². The predicted octanol–water partition coefficient (Wildman–Crippen LogP) is 1.85. The fraction of sp³-hybridized carbons (Fsp3) is 0.878. The summed E-state index contributed by atoms with van der Waals surface area (Å²) in [7, 11) is 0.